The third-order valence-electron chi connectivity index (χ3n) is 6.64. The van der Waals surface area contributed by atoms with E-state index in [1.54, 1.807) is 30.3 Å². The minimum atomic E-state index is -4.91. The van der Waals surface area contributed by atoms with Crippen molar-refractivity contribution in [1.29, 1.82) is 0 Å². The Morgan fingerprint density at radius 2 is 1.64 bits per heavy atom. The van der Waals surface area contributed by atoms with Gasteiger partial charge in [0.1, 0.15) is 17.4 Å². The van der Waals surface area contributed by atoms with E-state index in [0.29, 0.717) is 30.9 Å². The number of carbonyl (C=O) groups excluding carboxylic acids is 1. The van der Waals surface area contributed by atoms with Gasteiger partial charge in [-0.3, -0.25) is 0 Å². The Morgan fingerprint density at radius 1 is 0.949 bits per heavy atom. The Kier molecular flexibility index (Phi) is 8.39. The minimum absolute atomic E-state index is 0.0752. The highest BCUT2D eigenvalue weighted by Crippen LogP contribution is 2.38. The summed E-state index contributed by atoms with van der Waals surface area (Å²) in [7, 11) is 0. The lowest BCUT2D eigenvalue weighted by Gasteiger charge is -2.37. The van der Waals surface area contributed by atoms with Crippen LogP contribution in [0.3, 0.4) is 0 Å². The summed E-state index contributed by atoms with van der Waals surface area (Å²) in [6.07, 6.45) is -8.27. The second-order valence-electron chi connectivity index (χ2n) is 9.42. The number of hydrogen-bond donors (Lipinski definition) is 3. The first kappa shape index (κ1) is 28.3. The molecule has 0 heterocycles. The van der Waals surface area contributed by atoms with Gasteiger partial charge in [-0.1, -0.05) is 42.5 Å². The molecule has 0 radical (unpaired) electrons. The fourth-order valence-corrected chi connectivity index (χ4v) is 4.77. The second-order valence-corrected chi connectivity index (χ2v) is 9.42. The van der Waals surface area contributed by atoms with E-state index in [-0.39, 0.29) is 17.5 Å². The maximum atomic E-state index is 14.8. The van der Waals surface area contributed by atoms with Crippen LogP contribution in [0, 0.1) is 11.6 Å². The van der Waals surface area contributed by atoms with E-state index < -0.39 is 53.6 Å². The van der Waals surface area contributed by atoms with E-state index in [9.17, 15) is 36.2 Å². The smallest absolute Gasteiger partial charge is 0.428 e. The number of benzene rings is 3. The van der Waals surface area contributed by atoms with E-state index in [4.69, 9.17) is 0 Å². The van der Waals surface area contributed by atoms with Gasteiger partial charge in [-0.05, 0) is 60.2 Å². The predicted molar refractivity (Wildman–Crippen MR) is 131 cm³/mol. The number of halogens is 6. The molecule has 1 fully saturated rings. The summed E-state index contributed by atoms with van der Waals surface area (Å²) < 4.78 is 86.1. The number of hydrogen-bond acceptors (Lipinski definition) is 3. The van der Waals surface area contributed by atoms with Crippen molar-refractivity contribution in [2.24, 2.45) is 0 Å². The number of rotatable bonds is 9. The summed E-state index contributed by atoms with van der Waals surface area (Å²) in [5.74, 6) is -2.60. The van der Waals surface area contributed by atoms with E-state index in [2.05, 4.69) is 15.4 Å². The number of aliphatic hydroxyl groups is 1. The van der Waals surface area contributed by atoms with Crippen molar-refractivity contribution in [2.75, 3.05) is 0 Å². The van der Waals surface area contributed by atoms with E-state index in [0.717, 1.165) is 24.3 Å². The first-order valence-corrected chi connectivity index (χ1v) is 12.2. The maximum absolute atomic E-state index is 14.8. The van der Waals surface area contributed by atoms with Crippen LogP contribution in [0.2, 0.25) is 0 Å². The van der Waals surface area contributed by atoms with Crippen molar-refractivity contribution in [3.63, 3.8) is 0 Å². The zero-order chi connectivity index (χ0) is 28.2. The molecule has 1 saturated carbocycles. The molecule has 0 bridgehead atoms. The van der Waals surface area contributed by atoms with Crippen LogP contribution in [0.1, 0.15) is 36.0 Å². The van der Waals surface area contributed by atoms with Gasteiger partial charge in [0.25, 0.3) is 0 Å². The quantitative estimate of drug-likeness (QED) is 0.290. The van der Waals surface area contributed by atoms with Crippen LogP contribution in [0.15, 0.2) is 72.8 Å². The molecule has 5 nitrogen and oxygen atoms in total. The molecule has 1 aliphatic rings. The molecule has 2 amide bonds. The Labute approximate surface area is 220 Å². The third-order valence-corrected chi connectivity index (χ3v) is 6.64. The van der Waals surface area contributed by atoms with Gasteiger partial charge in [0.05, 0.1) is 17.7 Å². The van der Waals surface area contributed by atoms with Gasteiger partial charge in [-0.25, -0.2) is 13.6 Å². The summed E-state index contributed by atoms with van der Waals surface area (Å²) in [5, 5.41) is 15.6. The average Bonchev–Trinajstić information content (AvgIpc) is 3.27. The zero-order valence-electron chi connectivity index (χ0n) is 20.5. The molecule has 3 aromatic rings. The van der Waals surface area contributed by atoms with Crippen LogP contribution in [0.5, 0.6) is 5.75 Å². The highest BCUT2D eigenvalue weighted by Gasteiger charge is 2.45. The maximum Gasteiger partial charge on any atom is 0.461 e. The predicted octanol–water partition coefficient (Wildman–Crippen LogP) is 5.90. The number of nitrogens with one attached hydrogen (secondary N) is 2. The van der Waals surface area contributed by atoms with Crippen LogP contribution in [-0.4, -0.2) is 35.8 Å². The van der Waals surface area contributed by atoms with E-state index in [1.165, 1.54) is 12.1 Å². The SMILES string of the molecule is O=C(NC1CCCC1O)NC(Cc1ccccc1)(c1ccc(F)cc1)c1cc(F)cc(OC(F)(F)C(F)F)c1. The molecule has 3 aromatic carbocycles. The number of alkyl halides is 4. The molecule has 0 saturated heterocycles. The average molecular weight is 553 g/mol. The highest BCUT2D eigenvalue weighted by molar-refractivity contribution is 5.76. The molecule has 39 heavy (non-hydrogen) atoms. The fraction of sp³-hybridized carbons (Fsp3) is 0.321. The van der Waals surface area contributed by atoms with E-state index >= 15 is 0 Å². The first-order valence-electron chi connectivity index (χ1n) is 12.2. The Morgan fingerprint density at radius 3 is 2.26 bits per heavy atom. The molecule has 0 aliphatic heterocycles. The summed E-state index contributed by atoms with van der Waals surface area (Å²) in [6.45, 7) is 0. The standard InChI is InChI=1S/C28H26F6N2O3/c29-20-11-9-18(10-12-20)27(16-17-5-2-1-3-6-17,36-26(38)35-23-7-4-8-24(23)37)19-13-21(30)15-22(14-19)39-28(33,34)25(31)32/h1-3,5-6,9-15,23-25,37H,4,7-8,16H2,(H2,35,36,38). The molecule has 3 atom stereocenters. The van der Waals surface area contributed by atoms with E-state index in [1.807, 2.05) is 0 Å². The topological polar surface area (TPSA) is 70.6 Å². The fourth-order valence-electron chi connectivity index (χ4n) is 4.77. The lowest BCUT2D eigenvalue weighted by atomic mass is 9.77. The van der Waals surface area contributed by atoms with Gasteiger partial charge in [0, 0.05) is 12.5 Å². The number of amides is 2. The summed E-state index contributed by atoms with van der Waals surface area (Å²) in [5.41, 5.74) is -0.983. The van der Waals surface area contributed by atoms with Crippen LogP contribution >= 0.6 is 0 Å². The van der Waals surface area contributed by atoms with Gasteiger partial charge in [0.15, 0.2) is 0 Å². The van der Waals surface area contributed by atoms with Crippen LogP contribution in [0.25, 0.3) is 0 Å². The monoisotopic (exact) mass is 552 g/mol. The molecular weight excluding hydrogens is 526 g/mol. The van der Waals surface area contributed by atoms with Crippen LogP contribution in [0.4, 0.5) is 31.1 Å². The van der Waals surface area contributed by atoms with Gasteiger partial charge in [-0.2, -0.15) is 17.6 Å². The first-order chi connectivity index (χ1) is 18.5. The van der Waals surface area contributed by atoms with Crippen molar-refractivity contribution in [1.82, 2.24) is 10.6 Å². The molecule has 3 unspecified atom stereocenters. The van der Waals surface area contributed by atoms with Gasteiger partial charge in [0.2, 0.25) is 0 Å². The van der Waals surface area contributed by atoms with Gasteiger partial charge in [-0.15, -0.1) is 0 Å². The zero-order valence-corrected chi connectivity index (χ0v) is 20.5. The van der Waals surface area contributed by atoms with Crippen LogP contribution < -0.4 is 15.4 Å². The van der Waals surface area contributed by atoms with Crippen LogP contribution in [-0.2, 0) is 12.0 Å². The van der Waals surface area contributed by atoms with Crippen molar-refractivity contribution < 1.29 is 41.0 Å². The summed E-state index contributed by atoms with van der Waals surface area (Å²) >= 11 is 0. The Balaban J connectivity index is 1.86. The molecule has 1 aliphatic carbocycles. The molecule has 3 N–H and O–H groups in total. The lowest BCUT2D eigenvalue weighted by molar-refractivity contribution is -0.253. The minimum Gasteiger partial charge on any atom is -0.428 e. The normalized spacial score (nSPS) is 19.0. The molecule has 0 spiro atoms. The third kappa shape index (κ3) is 6.65. The number of ether oxygens (including phenoxy) is 1. The van der Waals surface area contributed by atoms with Gasteiger partial charge < -0.3 is 20.5 Å². The number of carbonyl (C=O) groups is 1. The molecule has 208 valence electrons. The van der Waals surface area contributed by atoms with Crippen molar-refractivity contribution in [3.05, 3.63) is 101 Å². The van der Waals surface area contributed by atoms with Crippen molar-refractivity contribution >= 4 is 6.03 Å². The van der Waals surface area contributed by atoms with Crippen molar-refractivity contribution in [3.8, 4) is 5.75 Å². The number of urea groups is 1. The summed E-state index contributed by atoms with van der Waals surface area (Å²) in [4.78, 5) is 13.3. The molecule has 11 heteroatoms. The highest BCUT2D eigenvalue weighted by atomic mass is 19.3. The lowest BCUT2D eigenvalue weighted by Crippen LogP contribution is -2.55. The molecular formula is C28H26F6N2O3. The number of aliphatic hydroxyl groups excluding tert-OH is 1. The Hall–Kier alpha value is -3.73. The second kappa shape index (κ2) is 11.6. The molecule has 0 aromatic heterocycles. The Bertz CT molecular complexity index is 1280. The molecule has 4 rings (SSSR count). The van der Waals surface area contributed by atoms with Crippen molar-refractivity contribution in [2.45, 2.75) is 55.9 Å². The summed E-state index contributed by atoms with van der Waals surface area (Å²) in [6, 6.07) is 14.5. The van der Waals surface area contributed by atoms with Gasteiger partial charge >= 0.3 is 18.6 Å². The largest absolute Gasteiger partial charge is 0.461 e.